The summed E-state index contributed by atoms with van der Waals surface area (Å²) in [7, 11) is 1.77. The van der Waals surface area contributed by atoms with E-state index in [0.29, 0.717) is 17.4 Å². The van der Waals surface area contributed by atoms with Gasteiger partial charge in [0.25, 0.3) is 0 Å². The fraction of sp³-hybridized carbons (Fsp3) is 0.231. The fourth-order valence-corrected chi connectivity index (χ4v) is 2.29. The molecule has 2 rings (SSSR count). The summed E-state index contributed by atoms with van der Waals surface area (Å²) in [6.07, 6.45) is 0. The van der Waals surface area contributed by atoms with E-state index < -0.39 is 5.97 Å². The van der Waals surface area contributed by atoms with Crippen molar-refractivity contribution in [3.05, 3.63) is 41.2 Å². The zero-order valence-electron chi connectivity index (χ0n) is 10.6. The molecule has 0 aliphatic carbocycles. The molecule has 2 aromatic rings. The van der Waals surface area contributed by atoms with Crippen LogP contribution < -0.4 is 4.90 Å². The maximum absolute atomic E-state index is 13.2. The van der Waals surface area contributed by atoms with Gasteiger partial charge in [-0.1, -0.05) is 6.07 Å². The number of carbonyl (C=O) groups excluding carboxylic acids is 1. The molecule has 0 amide bonds. The molecule has 0 aliphatic rings. The lowest BCUT2D eigenvalue weighted by molar-refractivity contribution is 0.0520. The second-order valence-electron chi connectivity index (χ2n) is 3.77. The molecule has 0 radical (unpaired) electrons. The molecule has 0 atom stereocenters. The number of ether oxygens (including phenoxy) is 1. The molecule has 0 fully saturated rings. The van der Waals surface area contributed by atoms with E-state index in [0.717, 1.165) is 0 Å². The van der Waals surface area contributed by atoms with Gasteiger partial charge in [0, 0.05) is 18.1 Å². The number of anilines is 2. The third-order valence-electron chi connectivity index (χ3n) is 2.46. The molecule has 19 heavy (non-hydrogen) atoms. The SMILES string of the molecule is CCOC(=O)c1csc(N(C)c2cccc(F)c2)n1. The lowest BCUT2D eigenvalue weighted by atomic mass is 10.3. The normalized spacial score (nSPS) is 10.3. The highest BCUT2D eigenvalue weighted by Crippen LogP contribution is 2.27. The van der Waals surface area contributed by atoms with Crippen LogP contribution in [-0.4, -0.2) is 24.6 Å². The van der Waals surface area contributed by atoms with E-state index in [1.54, 1.807) is 36.4 Å². The molecule has 0 saturated heterocycles. The van der Waals surface area contributed by atoms with E-state index >= 15 is 0 Å². The average Bonchev–Trinajstić information content (AvgIpc) is 2.88. The van der Waals surface area contributed by atoms with Crippen LogP contribution in [0.5, 0.6) is 0 Å². The van der Waals surface area contributed by atoms with Crippen molar-refractivity contribution in [1.29, 1.82) is 0 Å². The van der Waals surface area contributed by atoms with Crippen molar-refractivity contribution < 1.29 is 13.9 Å². The Morgan fingerprint density at radius 3 is 3.00 bits per heavy atom. The molecule has 4 nitrogen and oxygen atoms in total. The number of benzene rings is 1. The predicted molar refractivity (Wildman–Crippen MR) is 72.5 cm³/mol. The molecule has 0 bridgehead atoms. The quantitative estimate of drug-likeness (QED) is 0.806. The molecule has 100 valence electrons. The van der Waals surface area contributed by atoms with Gasteiger partial charge in [-0.25, -0.2) is 14.2 Å². The highest BCUT2D eigenvalue weighted by molar-refractivity contribution is 7.14. The Labute approximate surface area is 114 Å². The van der Waals surface area contributed by atoms with Crippen LogP contribution >= 0.6 is 11.3 Å². The van der Waals surface area contributed by atoms with Crippen molar-refractivity contribution in [2.75, 3.05) is 18.6 Å². The molecule has 0 aliphatic heterocycles. The molecule has 0 unspecified atom stereocenters. The highest BCUT2D eigenvalue weighted by Gasteiger charge is 2.14. The maximum atomic E-state index is 13.2. The number of carbonyl (C=O) groups is 1. The van der Waals surface area contributed by atoms with Crippen molar-refractivity contribution in [1.82, 2.24) is 4.98 Å². The Morgan fingerprint density at radius 2 is 2.32 bits per heavy atom. The zero-order valence-corrected chi connectivity index (χ0v) is 11.4. The van der Waals surface area contributed by atoms with Gasteiger partial charge in [-0.2, -0.15) is 0 Å². The minimum Gasteiger partial charge on any atom is -0.461 e. The minimum atomic E-state index is -0.447. The number of aromatic nitrogens is 1. The van der Waals surface area contributed by atoms with Gasteiger partial charge in [0.15, 0.2) is 10.8 Å². The van der Waals surface area contributed by atoms with Crippen LogP contribution in [0, 0.1) is 5.82 Å². The van der Waals surface area contributed by atoms with E-state index in [2.05, 4.69) is 4.98 Å². The van der Waals surface area contributed by atoms with E-state index in [9.17, 15) is 9.18 Å². The molecule has 0 N–H and O–H groups in total. The van der Waals surface area contributed by atoms with Gasteiger partial charge in [0.05, 0.1) is 6.61 Å². The summed E-state index contributed by atoms with van der Waals surface area (Å²) in [6, 6.07) is 6.18. The van der Waals surface area contributed by atoms with Crippen molar-refractivity contribution in [3.8, 4) is 0 Å². The molecule has 0 saturated carbocycles. The van der Waals surface area contributed by atoms with Crippen LogP contribution in [0.3, 0.4) is 0 Å². The van der Waals surface area contributed by atoms with E-state index in [4.69, 9.17) is 4.74 Å². The van der Waals surface area contributed by atoms with Crippen molar-refractivity contribution in [2.24, 2.45) is 0 Å². The third-order valence-corrected chi connectivity index (χ3v) is 3.38. The molecule has 1 aromatic heterocycles. The summed E-state index contributed by atoms with van der Waals surface area (Å²) in [4.78, 5) is 17.4. The largest absolute Gasteiger partial charge is 0.461 e. The monoisotopic (exact) mass is 280 g/mol. The number of hydrogen-bond acceptors (Lipinski definition) is 5. The second kappa shape index (κ2) is 5.79. The number of thiazole rings is 1. The predicted octanol–water partition coefficient (Wildman–Crippen LogP) is 3.23. The van der Waals surface area contributed by atoms with E-state index in [-0.39, 0.29) is 11.5 Å². The van der Waals surface area contributed by atoms with Gasteiger partial charge in [-0.05, 0) is 25.1 Å². The molecule has 0 spiro atoms. The Hall–Kier alpha value is -1.95. The lowest BCUT2D eigenvalue weighted by Gasteiger charge is -2.15. The Kier molecular flexibility index (Phi) is 4.11. The summed E-state index contributed by atoms with van der Waals surface area (Å²) >= 11 is 1.30. The summed E-state index contributed by atoms with van der Waals surface area (Å²) < 4.78 is 18.0. The Morgan fingerprint density at radius 1 is 1.53 bits per heavy atom. The third kappa shape index (κ3) is 3.08. The lowest BCUT2D eigenvalue weighted by Crippen LogP contribution is -2.10. The van der Waals surface area contributed by atoms with Crippen LogP contribution in [0.15, 0.2) is 29.6 Å². The van der Waals surface area contributed by atoms with Gasteiger partial charge in [-0.15, -0.1) is 11.3 Å². The Balaban J connectivity index is 2.20. The fourth-order valence-electron chi connectivity index (χ4n) is 1.51. The van der Waals surface area contributed by atoms with Gasteiger partial charge in [0.1, 0.15) is 5.82 Å². The molecule has 1 aromatic carbocycles. The first-order chi connectivity index (χ1) is 9.11. The van der Waals surface area contributed by atoms with Gasteiger partial charge < -0.3 is 9.64 Å². The number of esters is 1. The first-order valence-electron chi connectivity index (χ1n) is 5.73. The number of rotatable bonds is 4. The second-order valence-corrected chi connectivity index (χ2v) is 4.61. The average molecular weight is 280 g/mol. The standard InChI is InChI=1S/C13H13FN2O2S/c1-3-18-12(17)11-8-19-13(15-11)16(2)10-6-4-5-9(14)7-10/h4-8H,3H2,1-2H3. The summed E-state index contributed by atoms with van der Waals surface area (Å²) in [5, 5.41) is 2.23. The van der Waals surface area contributed by atoms with Crippen LogP contribution in [0.2, 0.25) is 0 Å². The van der Waals surface area contributed by atoms with Gasteiger partial charge >= 0.3 is 5.97 Å². The molecular weight excluding hydrogens is 267 g/mol. The van der Waals surface area contributed by atoms with Crippen molar-refractivity contribution >= 4 is 28.1 Å². The molecular formula is C13H13FN2O2S. The molecule has 6 heteroatoms. The van der Waals surface area contributed by atoms with Crippen LogP contribution in [-0.2, 0) is 4.74 Å². The summed E-state index contributed by atoms with van der Waals surface area (Å²) in [6.45, 7) is 2.05. The topological polar surface area (TPSA) is 42.4 Å². The summed E-state index contributed by atoms with van der Waals surface area (Å²) in [5.41, 5.74) is 0.940. The minimum absolute atomic E-state index is 0.269. The molecule has 1 heterocycles. The maximum Gasteiger partial charge on any atom is 0.357 e. The smallest absolute Gasteiger partial charge is 0.357 e. The van der Waals surface area contributed by atoms with Crippen molar-refractivity contribution in [2.45, 2.75) is 6.92 Å². The number of hydrogen-bond donors (Lipinski definition) is 0. The van der Waals surface area contributed by atoms with Gasteiger partial charge in [-0.3, -0.25) is 0 Å². The van der Waals surface area contributed by atoms with E-state index in [1.165, 1.54) is 23.5 Å². The zero-order chi connectivity index (χ0) is 13.8. The van der Waals surface area contributed by atoms with E-state index in [1.807, 2.05) is 0 Å². The van der Waals surface area contributed by atoms with Crippen LogP contribution in [0.1, 0.15) is 17.4 Å². The first kappa shape index (κ1) is 13.5. The number of nitrogens with zero attached hydrogens (tertiary/aromatic N) is 2. The summed E-state index contributed by atoms with van der Waals surface area (Å²) in [5.74, 6) is -0.760. The van der Waals surface area contributed by atoms with Crippen LogP contribution in [0.25, 0.3) is 0 Å². The first-order valence-corrected chi connectivity index (χ1v) is 6.61. The highest BCUT2D eigenvalue weighted by atomic mass is 32.1. The Bertz CT molecular complexity index is 586. The van der Waals surface area contributed by atoms with Gasteiger partial charge in [0.2, 0.25) is 0 Å². The number of halogens is 1. The van der Waals surface area contributed by atoms with Crippen molar-refractivity contribution in [3.63, 3.8) is 0 Å². The van der Waals surface area contributed by atoms with Crippen LogP contribution in [0.4, 0.5) is 15.2 Å².